The number of carbonyl (C=O) groups excluding carboxylic acids is 1. The van der Waals surface area contributed by atoms with Crippen molar-refractivity contribution in [1.29, 1.82) is 0 Å². The van der Waals surface area contributed by atoms with Crippen molar-refractivity contribution in [3.8, 4) is 11.3 Å². The van der Waals surface area contributed by atoms with Crippen LogP contribution in [0.15, 0.2) is 54.7 Å². The van der Waals surface area contributed by atoms with E-state index in [0.29, 0.717) is 22.8 Å². The Balaban J connectivity index is 1.57. The van der Waals surface area contributed by atoms with Crippen LogP contribution in [0, 0.1) is 0 Å². The van der Waals surface area contributed by atoms with Crippen molar-refractivity contribution in [1.82, 2.24) is 20.1 Å². The second-order valence-corrected chi connectivity index (χ2v) is 7.45. The van der Waals surface area contributed by atoms with E-state index in [1.54, 1.807) is 41.6 Å². The van der Waals surface area contributed by atoms with Crippen LogP contribution in [-0.2, 0) is 6.54 Å². The molecule has 4 aromatic rings. The van der Waals surface area contributed by atoms with E-state index in [1.807, 2.05) is 36.4 Å². The second kappa shape index (κ2) is 6.90. The van der Waals surface area contributed by atoms with Crippen LogP contribution < -0.4 is 0 Å². The quantitative estimate of drug-likeness (QED) is 0.560. The van der Waals surface area contributed by atoms with Crippen LogP contribution in [0.1, 0.15) is 15.4 Å². The van der Waals surface area contributed by atoms with Gasteiger partial charge in [0, 0.05) is 17.6 Å². The highest BCUT2D eigenvalue weighted by Gasteiger charge is 2.20. The van der Waals surface area contributed by atoms with Crippen molar-refractivity contribution in [2.75, 3.05) is 7.05 Å². The van der Waals surface area contributed by atoms with Crippen LogP contribution in [-0.4, -0.2) is 33.0 Å². The summed E-state index contributed by atoms with van der Waals surface area (Å²) in [6.45, 7) is 0.448. The van der Waals surface area contributed by atoms with Gasteiger partial charge in [-0.3, -0.25) is 9.89 Å². The lowest BCUT2D eigenvalue weighted by molar-refractivity contribution is 0.0786. The third-order valence-electron chi connectivity index (χ3n) is 4.06. The Morgan fingerprint density at radius 1 is 1.19 bits per heavy atom. The molecule has 0 aliphatic rings. The van der Waals surface area contributed by atoms with Gasteiger partial charge in [-0.15, -0.1) is 11.3 Å². The Bertz CT molecular complexity index is 1040. The highest BCUT2D eigenvalue weighted by atomic mass is 35.5. The van der Waals surface area contributed by atoms with E-state index in [2.05, 4.69) is 15.2 Å². The topological polar surface area (TPSA) is 61.9 Å². The summed E-state index contributed by atoms with van der Waals surface area (Å²) < 4.78 is 1.12. The number of thiazole rings is 1. The normalized spacial score (nSPS) is 11.0. The molecule has 2 heterocycles. The summed E-state index contributed by atoms with van der Waals surface area (Å²) in [6, 6.07) is 15.3. The predicted molar refractivity (Wildman–Crippen MR) is 104 cm³/mol. The van der Waals surface area contributed by atoms with Crippen molar-refractivity contribution < 1.29 is 4.79 Å². The van der Waals surface area contributed by atoms with E-state index in [4.69, 9.17) is 11.6 Å². The molecule has 0 radical (unpaired) electrons. The molecule has 2 aromatic heterocycles. The van der Waals surface area contributed by atoms with Gasteiger partial charge in [-0.25, -0.2) is 4.98 Å². The number of hydrogen-bond donors (Lipinski definition) is 1. The maximum atomic E-state index is 12.9. The zero-order chi connectivity index (χ0) is 18.1. The molecule has 0 aliphatic heterocycles. The van der Waals surface area contributed by atoms with Crippen LogP contribution in [0.2, 0.25) is 5.02 Å². The van der Waals surface area contributed by atoms with Gasteiger partial charge in [0.05, 0.1) is 34.2 Å². The summed E-state index contributed by atoms with van der Waals surface area (Å²) in [5.41, 5.74) is 3.03. The molecule has 130 valence electrons. The van der Waals surface area contributed by atoms with Gasteiger partial charge in [-0.2, -0.15) is 5.10 Å². The van der Waals surface area contributed by atoms with Crippen LogP contribution in [0.25, 0.3) is 21.5 Å². The molecule has 0 spiro atoms. The first kappa shape index (κ1) is 16.8. The number of amides is 1. The minimum absolute atomic E-state index is 0.108. The second-order valence-electron chi connectivity index (χ2n) is 5.90. The SMILES string of the molecule is CN(Cc1nc2ccccc2s1)C(=O)c1cn[nH]c1-c1ccc(Cl)cc1. The highest BCUT2D eigenvalue weighted by Crippen LogP contribution is 2.26. The fourth-order valence-corrected chi connectivity index (χ4v) is 3.90. The molecule has 7 heteroatoms. The van der Waals surface area contributed by atoms with Crippen LogP contribution in [0.5, 0.6) is 0 Å². The molecule has 26 heavy (non-hydrogen) atoms. The third kappa shape index (κ3) is 3.21. The molecule has 0 atom stereocenters. The maximum absolute atomic E-state index is 12.9. The lowest BCUT2D eigenvalue weighted by atomic mass is 10.1. The average Bonchev–Trinajstić information content (AvgIpc) is 3.28. The first-order valence-electron chi connectivity index (χ1n) is 8.01. The number of halogens is 1. The van der Waals surface area contributed by atoms with Crippen LogP contribution >= 0.6 is 22.9 Å². The van der Waals surface area contributed by atoms with Gasteiger partial charge in [-0.1, -0.05) is 35.9 Å². The first-order chi connectivity index (χ1) is 12.6. The number of carbonyl (C=O) groups is 1. The van der Waals surface area contributed by atoms with Gasteiger partial charge in [0.1, 0.15) is 5.01 Å². The Hall–Kier alpha value is -2.70. The Morgan fingerprint density at radius 3 is 2.73 bits per heavy atom. The smallest absolute Gasteiger partial charge is 0.257 e. The summed E-state index contributed by atoms with van der Waals surface area (Å²) >= 11 is 7.54. The Morgan fingerprint density at radius 2 is 1.96 bits per heavy atom. The molecular formula is C19H15ClN4OS. The maximum Gasteiger partial charge on any atom is 0.257 e. The zero-order valence-electron chi connectivity index (χ0n) is 13.9. The third-order valence-corrected chi connectivity index (χ3v) is 5.33. The van der Waals surface area contributed by atoms with Crippen LogP contribution in [0.3, 0.4) is 0 Å². The van der Waals surface area contributed by atoms with Gasteiger partial charge in [0.2, 0.25) is 0 Å². The molecule has 1 amide bonds. The molecule has 0 aliphatic carbocycles. The number of aromatic amines is 1. The van der Waals surface area contributed by atoms with E-state index >= 15 is 0 Å². The Labute approximate surface area is 159 Å². The molecule has 2 aromatic carbocycles. The summed E-state index contributed by atoms with van der Waals surface area (Å²) in [5.74, 6) is -0.108. The highest BCUT2D eigenvalue weighted by molar-refractivity contribution is 7.18. The van der Waals surface area contributed by atoms with E-state index in [1.165, 1.54) is 0 Å². The van der Waals surface area contributed by atoms with Crippen LogP contribution in [0.4, 0.5) is 0 Å². The number of para-hydroxylation sites is 1. The molecule has 1 N–H and O–H groups in total. The van der Waals surface area contributed by atoms with E-state index in [0.717, 1.165) is 20.8 Å². The molecule has 0 unspecified atom stereocenters. The number of fused-ring (bicyclic) bond motifs is 1. The Kier molecular flexibility index (Phi) is 4.44. The van der Waals surface area contributed by atoms with Gasteiger partial charge in [-0.05, 0) is 24.3 Å². The van der Waals surface area contributed by atoms with Crippen molar-refractivity contribution in [3.05, 3.63) is 70.3 Å². The van der Waals surface area contributed by atoms with Crippen molar-refractivity contribution in [2.45, 2.75) is 6.54 Å². The molecular weight excluding hydrogens is 368 g/mol. The van der Waals surface area contributed by atoms with Gasteiger partial charge in [0.25, 0.3) is 5.91 Å². The van der Waals surface area contributed by atoms with Gasteiger partial charge < -0.3 is 4.90 Å². The minimum Gasteiger partial charge on any atom is -0.335 e. The molecule has 0 saturated heterocycles. The number of rotatable bonds is 4. The number of aromatic nitrogens is 3. The van der Waals surface area contributed by atoms with Gasteiger partial charge in [0.15, 0.2) is 0 Å². The van der Waals surface area contributed by atoms with E-state index in [-0.39, 0.29) is 5.91 Å². The largest absolute Gasteiger partial charge is 0.335 e. The van der Waals surface area contributed by atoms with Crippen molar-refractivity contribution in [3.63, 3.8) is 0 Å². The number of H-pyrrole nitrogens is 1. The van der Waals surface area contributed by atoms with Crippen molar-refractivity contribution in [2.24, 2.45) is 0 Å². The molecule has 5 nitrogen and oxygen atoms in total. The number of nitrogens with zero attached hydrogens (tertiary/aromatic N) is 3. The monoisotopic (exact) mass is 382 g/mol. The fourth-order valence-electron chi connectivity index (χ4n) is 2.75. The average molecular weight is 383 g/mol. The summed E-state index contributed by atoms with van der Waals surface area (Å²) in [4.78, 5) is 19.2. The van der Waals surface area contributed by atoms with Gasteiger partial charge >= 0.3 is 0 Å². The lowest BCUT2D eigenvalue weighted by Crippen LogP contribution is -2.26. The van der Waals surface area contributed by atoms with E-state index < -0.39 is 0 Å². The number of nitrogens with one attached hydrogen (secondary N) is 1. The molecule has 0 bridgehead atoms. The minimum atomic E-state index is -0.108. The molecule has 0 fully saturated rings. The first-order valence-corrected chi connectivity index (χ1v) is 9.20. The van der Waals surface area contributed by atoms with E-state index in [9.17, 15) is 4.79 Å². The number of hydrogen-bond acceptors (Lipinski definition) is 4. The lowest BCUT2D eigenvalue weighted by Gasteiger charge is -2.15. The van der Waals surface area contributed by atoms with Crippen molar-refractivity contribution >= 4 is 39.1 Å². The zero-order valence-corrected chi connectivity index (χ0v) is 15.5. The summed E-state index contributed by atoms with van der Waals surface area (Å²) in [6.07, 6.45) is 1.56. The predicted octanol–water partition coefficient (Wildman–Crippen LogP) is 4.61. The molecule has 4 rings (SSSR count). The fraction of sp³-hybridized carbons (Fsp3) is 0.105. The standard InChI is InChI=1S/C19H15ClN4OS/c1-24(11-17-22-15-4-2-3-5-16(15)26-17)19(25)14-10-21-23-18(14)12-6-8-13(20)9-7-12/h2-10H,11H2,1H3,(H,21,23). The summed E-state index contributed by atoms with van der Waals surface area (Å²) in [7, 11) is 1.77. The molecule has 0 saturated carbocycles. The number of benzene rings is 2. The summed E-state index contributed by atoms with van der Waals surface area (Å²) in [5, 5.41) is 8.51.